The molecule has 0 spiro atoms. The van der Waals surface area contributed by atoms with Crippen molar-refractivity contribution in [3.05, 3.63) is 6.28 Å². The van der Waals surface area contributed by atoms with Crippen molar-refractivity contribution in [2.75, 3.05) is 13.2 Å². The predicted octanol–water partition coefficient (Wildman–Crippen LogP) is 6.50. The van der Waals surface area contributed by atoms with Crippen LogP contribution in [0.3, 0.4) is 0 Å². The van der Waals surface area contributed by atoms with Gasteiger partial charge in [-0.3, -0.25) is 0 Å². The fraction of sp³-hybridized carbons (Fsp3) is 0.333. The summed E-state index contributed by atoms with van der Waals surface area (Å²) in [4.78, 5) is 0. The predicted molar refractivity (Wildman–Crippen MR) is 97.0 cm³/mol. The summed E-state index contributed by atoms with van der Waals surface area (Å²) in [7, 11) is 0. The van der Waals surface area contributed by atoms with Crippen LogP contribution in [0, 0.1) is 6.28 Å². The Balaban J connectivity index is 2.52. The van der Waals surface area contributed by atoms with Crippen molar-refractivity contribution in [1.82, 2.24) is 0 Å². The molecule has 0 radical (unpaired) electrons. The Morgan fingerprint density at radius 2 is 1.00 bits per heavy atom. The number of hydrogen-bond donors (Lipinski definition) is 0. The number of rotatable bonds is 4. The summed E-state index contributed by atoms with van der Waals surface area (Å²) in [6, 6.07) is 0. The highest BCUT2D eigenvalue weighted by Gasteiger charge is 2.20. The summed E-state index contributed by atoms with van der Waals surface area (Å²) < 4.78 is 17.9. The summed E-state index contributed by atoms with van der Waals surface area (Å²) in [5, 5.41) is 0. The minimum atomic E-state index is 0.628. The standard InChI is InChI=1S/C12H10O2S6/c1-3-13-5-7-9(19-11(15)17-7)6(14-4-2)10-8(5)18-12(16)20-10/h3-4H2,1-2H3. The van der Waals surface area contributed by atoms with Crippen molar-refractivity contribution in [2.24, 2.45) is 0 Å². The third-order valence-electron chi connectivity index (χ3n) is 2.56. The minimum absolute atomic E-state index is 0.628. The molecule has 0 aliphatic heterocycles. The van der Waals surface area contributed by atoms with E-state index in [1.807, 2.05) is 13.8 Å². The van der Waals surface area contributed by atoms with E-state index in [2.05, 4.69) is 0 Å². The lowest BCUT2D eigenvalue weighted by molar-refractivity contribution is 0.344. The second-order valence-corrected chi connectivity index (χ2v) is 10.2. The fourth-order valence-electron chi connectivity index (χ4n) is 1.92. The maximum absolute atomic E-state index is 5.88. The van der Waals surface area contributed by atoms with E-state index < -0.39 is 0 Å². The average molecular weight is 379 g/mol. The molecule has 0 bridgehead atoms. The molecule has 2 nitrogen and oxygen atoms in total. The van der Waals surface area contributed by atoms with E-state index in [-0.39, 0.29) is 0 Å². The number of hydrogen-bond acceptors (Lipinski definition) is 8. The average Bonchev–Trinajstić information content (AvgIpc) is 2.96. The number of fused-ring (bicyclic) bond motifs is 2. The Morgan fingerprint density at radius 1 is 0.700 bits per heavy atom. The number of benzene rings is 1. The van der Waals surface area contributed by atoms with E-state index in [9.17, 15) is 0 Å². The normalized spacial score (nSPS) is 11.3. The van der Waals surface area contributed by atoms with E-state index in [1.54, 1.807) is 45.3 Å². The van der Waals surface area contributed by atoms with E-state index in [0.29, 0.717) is 13.2 Å². The van der Waals surface area contributed by atoms with Crippen LogP contribution >= 0.6 is 69.8 Å². The summed E-state index contributed by atoms with van der Waals surface area (Å²) in [5.41, 5.74) is 0. The Morgan fingerprint density at radius 3 is 1.25 bits per heavy atom. The molecule has 106 valence electrons. The van der Waals surface area contributed by atoms with Gasteiger partial charge in [-0.2, -0.15) is 0 Å². The molecular formula is C12H10O2S6. The van der Waals surface area contributed by atoms with Crippen LogP contribution in [0.5, 0.6) is 11.5 Å². The first-order chi connectivity index (χ1) is 9.65. The molecule has 0 unspecified atom stereocenters. The molecule has 0 atom stereocenters. The Bertz CT molecular complexity index is 748. The molecule has 2 aromatic heterocycles. The topological polar surface area (TPSA) is 18.5 Å². The second-order valence-electron chi connectivity index (χ2n) is 3.75. The highest BCUT2D eigenvalue weighted by atomic mass is 32.2. The Hall–Kier alpha value is -0.120. The van der Waals surface area contributed by atoms with E-state index in [1.165, 1.54) is 0 Å². The van der Waals surface area contributed by atoms with Crippen molar-refractivity contribution >= 4 is 88.6 Å². The zero-order chi connectivity index (χ0) is 14.3. The first kappa shape index (κ1) is 14.8. The molecule has 20 heavy (non-hydrogen) atoms. The third-order valence-corrected chi connectivity index (χ3v) is 7.86. The van der Waals surface area contributed by atoms with Crippen molar-refractivity contribution in [3.8, 4) is 11.5 Å². The van der Waals surface area contributed by atoms with Crippen LogP contribution in [0.25, 0.3) is 18.8 Å². The van der Waals surface area contributed by atoms with Crippen LogP contribution < -0.4 is 9.47 Å². The van der Waals surface area contributed by atoms with Gasteiger partial charge in [0, 0.05) is 0 Å². The Kier molecular flexibility index (Phi) is 4.40. The maximum atomic E-state index is 5.88. The van der Waals surface area contributed by atoms with Gasteiger partial charge in [0.25, 0.3) is 0 Å². The Labute approximate surface area is 142 Å². The van der Waals surface area contributed by atoms with Crippen molar-refractivity contribution in [1.29, 1.82) is 0 Å². The molecule has 1 aromatic carbocycles. The fourth-order valence-corrected chi connectivity index (χ4v) is 7.30. The highest BCUT2D eigenvalue weighted by molar-refractivity contribution is 7.77. The SMILES string of the molecule is CCOc1c2sc(=S)sc2c(OCC)c2sc(=S)sc12. The zero-order valence-electron chi connectivity index (χ0n) is 10.7. The van der Waals surface area contributed by atoms with Crippen LogP contribution in [0.2, 0.25) is 0 Å². The summed E-state index contributed by atoms with van der Waals surface area (Å²) in [5.74, 6) is 1.83. The van der Waals surface area contributed by atoms with Gasteiger partial charge in [-0.1, -0.05) is 24.4 Å². The molecule has 0 aliphatic carbocycles. The highest BCUT2D eigenvalue weighted by Crippen LogP contribution is 2.51. The van der Waals surface area contributed by atoms with E-state index in [4.69, 9.17) is 33.9 Å². The summed E-state index contributed by atoms with van der Waals surface area (Å²) in [6.45, 7) is 5.24. The molecule has 0 fully saturated rings. The van der Waals surface area contributed by atoms with Crippen LogP contribution in [-0.2, 0) is 0 Å². The van der Waals surface area contributed by atoms with Gasteiger partial charge in [0.2, 0.25) is 0 Å². The summed E-state index contributed by atoms with van der Waals surface area (Å²) >= 11 is 17.1. The van der Waals surface area contributed by atoms with E-state index in [0.717, 1.165) is 36.6 Å². The molecule has 3 rings (SSSR count). The molecule has 2 heterocycles. The number of ether oxygens (including phenoxy) is 2. The summed E-state index contributed by atoms with van der Waals surface area (Å²) in [6.07, 6.45) is 0. The van der Waals surface area contributed by atoms with Gasteiger partial charge in [0.1, 0.15) is 6.28 Å². The van der Waals surface area contributed by atoms with Gasteiger partial charge in [-0.25, -0.2) is 0 Å². The lowest BCUT2D eigenvalue weighted by atomic mass is 10.3. The van der Waals surface area contributed by atoms with Crippen molar-refractivity contribution in [3.63, 3.8) is 0 Å². The van der Waals surface area contributed by atoms with Gasteiger partial charge >= 0.3 is 0 Å². The van der Waals surface area contributed by atoms with Crippen molar-refractivity contribution < 1.29 is 9.47 Å². The molecule has 0 N–H and O–H groups in total. The largest absolute Gasteiger partial charge is 0.491 e. The van der Waals surface area contributed by atoms with Gasteiger partial charge in [-0.15, -0.1) is 45.3 Å². The molecule has 0 amide bonds. The van der Waals surface area contributed by atoms with E-state index >= 15 is 0 Å². The first-order valence-corrected chi connectivity index (χ1v) is 10.0. The quantitative estimate of drug-likeness (QED) is 0.482. The zero-order valence-corrected chi connectivity index (χ0v) is 15.6. The molecule has 8 heteroatoms. The molecule has 3 aromatic rings. The molecular weight excluding hydrogens is 369 g/mol. The van der Waals surface area contributed by atoms with Crippen LogP contribution in [0.1, 0.15) is 13.8 Å². The molecule has 0 aliphatic rings. The second kappa shape index (κ2) is 5.94. The molecule has 0 saturated carbocycles. The van der Waals surface area contributed by atoms with Crippen LogP contribution in [-0.4, -0.2) is 13.2 Å². The molecule has 0 saturated heterocycles. The smallest absolute Gasteiger partial charge is 0.156 e. The monoisotopic (exact) mass is 378 g/mol. The lowest BCUT2D eigenvalue weighted by Gasteiger charge is -2.10. The van der Waals surface area contributed by atoms with Crippen LogP contribution in [0.15, 0.2) is 0 Å². The third kappa shape index (κ3) is 2.42. The minimum Gasteiger partial charge on any atom is -0.491 e. The lowest BCUT2D eigenvalue weighted by Crippen LogP contribution is -1.95. The van der Waals surface area contributed by atoms with Crippen molar-refractivity contribution in [2.45, 2.75) is 13.8 Å². The van der Waals surface area contributed by atoms with Gasteiger partial charge in [0.05, 0.1) is 32.0 Å². The van der Waals surface area contributed by atoms with Gasteiger partial charge < -0.3 is 9.47 Å². The van der Waals surface area contributed by atoms with Crippen LogP contribution in [0.4, 0.5) is 0 Å². The van der Waals surface area contributed by atoms with Gasteiger partial charge in [-0.05, 0) is 13.8 Å². The maximum Gasteiger partial charge on any atom is 0.156 e. The van der Waals surface area contributed by atoms with Gasteiger partial charge in [0.15, 0.2) is 11.5 Å². The first-order valence-electron chi connectivity index (χ1n) is 5.94.